The van der Waals surface area contributed by atoms with Crippen LogP contribution in [0.5, 0.6) is 0 Å². The molecule has 0 aromatic carbocycles. The number of nitrogens with zero attached hydrogens (tertiary/aromatic N) is 1. The number of aliphatic hydroxyl groups is 1. The molecule has 17 heavy (non-hydrogen) atoms. The number of hydrogen-bond donors (Lipinski definition) is 1. The fraction of sp³-hybridized carbons (Fsp3) is 0.545. The predicted octanol–water partition coefficient (Wildman–Crippen LogP) is 1.26. The molecule has 1 N–H and O–H groups in total. The third-order valence-corrected chi connectivity index (χ3v) is 3.43. The first-order valence-electron chi connectivity index (χ1n) is 5.40. The van der Waals surface area contributed by atoms with Crippen molar-refractivity contribution in [3.63, 3.8) is 0 Å². The van der Waals surface area contributed by atoms with Crippen LogP contribution in [0.3, 0.4) is 0 Å². The smallest absolute Gasteiger partial charge is 0.258 e. The number of furan rings is 1. The van der Waals surface area contributed by atoms with Crippen LogP contribution in [-0.4, -0.2) is 47.8 Å². The lowest BCUT2D eigenvalue weighted by Gasteiger charge is -2.37. The van der Waals surface area contributed by atoms with E-state index >= 15 is 0 Å². The van der Waals surface area contributed by atoms with Crippen LogP contribution in [0.1, 0.15) is 17.3 Å². The number of carbonyl (C=O) groups excluding carboxylic acids is 1. The zero-order valence-electron chi connectivity index (χ0n) is 9.43. The third-order valence-electron chi connectivity index (χ3n) is 2.82. The van der Waals surface area contributed by atoms with Crippen molar-refractivity contribution in [2.24, 2.45) is 0 Å². The molecule has 1 aliphatic rings. The highest BCUT2D eigenvalue weighted by atomic mass is 79.9. The van der Waals surface area contributed by atoms with Crippen LogP contribution in [0.25, 0.3) is 0 Å². The normalized spacial score (nSPS) is 25.0. The van der Waals surface area contributed by atoms with E-state index in [-0.39, 0.29) is 24.7 Å². The van der Waals surface area contributed by atoms with Gasteiger partial charge in [0.1, 0.15) is 0 Å². The van der Waals surface area contributed by atoms with Gasteiger partial charge in [-0.3, -0.25) is 4.79 Å². The van der Waals surface area contributed by atoms with Gasteiger partial charge in [-0.2, -0.15) is 0 Å². The number of aliphatic hydroxyl groups excluding tert-OH is 1. The molecule has 1 aliphatic heterocycles. The maximum atomic E-state index is 12.3. The van der Waals surface area contributed by atoms with Gasteiger partial charge in [0.05, 0.1) is 37.2 Å². The van der Waals surface area contributed by atoms with Crippen LogP contribution in [0.15, 0.2) is 21.4 Å². The second-order valence-electron chi connectivity index (χ2n) is 4.05. The van der Waals surface area contributed by atoms with Gasteiger partial charge in [-0.25, -0.2) is 0 Å². The first kappa shape index (κ1) is 12.6. The van der Waals surface area contributed by atoms with Gasteiger partial charge in [0.25, 0.3) is 5.91 Å². The first-order valence-corrected chi connectivity index (χ1v) is 6.19. The van der Waals surface area contributed by atoms with Gasteiger partial charge in [-0.15, -0.1) is 0 Å². The lowest BCUT2D eigenvalue weighted by Crippen LogP contribution is -2.52. The average molecular weight is 304 g/mol. The summed E-state index contributed by atoms with van der Waals surface area (Å²) < 4.78 is 10.9. The SMILES string of the molecule is CC1COC(CO)CN1C(=O)c1ccoc1Br. The van der Waals surface area contributed by atoms with E-state index in [0.717, 1.165) is 0 Å². The van der Waals surface area contributed by atoms with Gasteiger partial charge < -0.3 is 19.2 Å². The highest BCUT2D eigenvalue weighted by Crippen LogP contribution is 2.22. The highest BCUT2D eigenvalue weighted by Gasteiger charge is 2.31. The summed E-state index contributed by atoms with van der Waals surface area (Å²) in [6.07, 6.45) is 1.16. The van der Waals surface area contributed by atoms with Crippen molar-refractivity contribution in [3.8, 4) is 0 Å². The summed E-state index contributed by atoms with van der Waals surface area (Å²) >= 11 is 3.19. The van der Waals surface area contributed by atoms with Crippen molar-refractivity contribution in [1.29, 1.82) is 0 Å². The Bertz CT molecular complexity index is 406. The molecule has 0 aliphatic carbocycles. The molecule has 6 heteroatoms. The van der Waals surface area contributed by atoms with E-state index in [1.807, 2.05) is 6.92 Å². The molecule has 1 amide bonds. The zero-order chi connectivity index (χ0) is 12.4. The quantitative estimate of drug-likeness (QED) is 0.893. The Morgan fingerprint density at radius 2 is 2.47 bits per heavy atom. The molecule has 0 saturated carbocycles. The van der Waals surface area contributed by atoms with E-state index in [2.05, 4.69) is 15.9 Å². The molecule has 94 valence electrons. The van der Waals surface area contributed by atoms with Crippen LogP contribution >= 0.6 is 15.9 Å². The number of rotatable bonds is 2. The van der Waals surface area contributed by atoms with Crippen LogP contribution in [0.2, 0.25) is 0 Å². The van der Waals surface area contributed by atoms with Crippen LogP contribution in [-0.2, 0) is 4.74 Å². The Balaban J connectivity index is 2.15. The van der Waals surface area contributed by atoms with E-state index in [1.54, 1.807) is 11.0 Å². The van der Waals surface area contributed by atoms with Gasteiger partial charge in [-0.05, 0) is 28.9 Å². The molecular weight excluding hydrogens is 290 g/mol. The maximum Gasteiger partial charge on any atom is 0.258 e. The van der Waals surface area contributed by atoms with Gasteiger partial charge in [0, 0.05) is 6.54 Å². The lowest BCUT2D eigenvalue weighted by molar-refractivity contribution is -0.0667. The number of halogens is 1. The van der Waals surface area contributed by atoms with E-state index in [1.165, 1.54) is 6.26 Å². The van der Waals surface area contributed by atoms with Gasteiger partial charge in [-0.1, -0.05) is 0 Å². The van der Waals surface area contributed by atoms with Crippen LogP contribution < -0.4 is 0 Å². The largest absolute Gasteiger partial charge is 0.457 e. The topological polar surface area (TPSA) is 62.9 Å². The van der Waals surface area contributed by atoms with Crippen molar-refractivity contribution in [3.05, 3.63) is 22.6 Å². The molecule has 1 saturated heterocycles. The van der Waals surface area contributed by atoms with Gasteiger partial charge in [0.2, 0.25) is 0 Å². The number of ether oxygens (including phenoxy) is 1. The number of hydrogen-bond acceptors (Lipinski definition) is 4. The number of morpholine rings is 1. The number of amides is 1. The summed E-state index contributed by atoms with van der Waals surface area (Å²) in [5, 5.41) is 9.07. The monoisotopic (exact) mass is 303 g/mol. The third kappa shape index (κ3) is 2.53. The summed E-state index contributed by atoms with van der Waals surface area (Å²) in [4.78, 5) is 13.9. The van der Waals surface area contributed by atoms with Crippen molar-refractivity contribution in [1.82, 2.24) is 4.90 Å². The molecule has 0 spiro atoms. The summed E-state index contributed by atoms with van der Waals surface area (Å²) in [7, 11) is 0. The van der Waals surface area contributed by atoms with Crippen molar-refractivity contribution < 1.29 is 19.1 Å². The second kappa shape index (κ2) is 5.20. The molecule has 0 radical (unpaired) electrons. The minimum Gasteiger partial charge on any atom is -0.457 e. The number of carbonyl (C=O) groups is 1. The van der Waals surface area contributed by atoms with Gasteiger partial charge in [0.15, 0.2) is 4.67 Å². The lowest BCUT2D eigenvalue weighted by atomic mass is 10.1. The molecule has 2 atom stereocenters. The zero-order valence-corrected chi connectivity index (χ0v) is 11.0. The van der Waals surface area contributed by atoms with Crippen LogP contribution in [0, 0.1) is 0 Å². The molecule has 1 aromatic rings. The fourth-order valence-electron chi connectivity index (χ4n) is 1.81. The molecule has 1 fully saturated rings. The molecule has 1 aromatic heterocycles. The molecule has 2 unspecified atom stereocenters. The standard InChI is InChI=1S/C11H14BrNO4/c1-7-6-17-8(5-14)4-13(7)11(15)9-2-3-16-10(9)12/h2-3,7-8,14H,4-6H2,1H3. The van der Waals surface area contributed by atoms with Crippen molar-refractivity contribution in [2.45, 2.75) is 19.1 Å². The summed E-state index contributed by atoms with van der Waals surface area (Å²) in [6, 6.07) is 1.62. The average Bonchev–Trinajstić information content (AvgIpc) is 2.75. The molecule has 2 heterocycles. The van der Waals surface area contributed by atoms with E-state index in [4.69, 9.17) is 14.3 Å². The first-order chi connectivity index (χ1) is 8.13. The summed E-state index contributed by atoms with van der Waals surface area (Å²) in [5.41, 5.74) is 0.496. The van der Waals surface area contributed by atoms with Crippen LogP contribution in [0.4, 0.5) is 0 Å². The molecule has 0 bridgehead atoms. The predicted molar refractivity (Wildman–Crippen MR) is 63.7 cm³/mol. The molecule has 5 nitrogen and oxygen atoms in total. The summed E-state index contributed by atoms with van der Waals surface area (Å²) in [5.74, 6) is -0.111. The van der Waals surface area contributed by atoms with E-state index in [0.29, 0.717) is 23.4 Å². The van der Waals surface area contributed by atoms with Crippen molar-refractivity contribution in [2.75, 3.05) is 19.8 Å². The molecule has 2 rings (SSSR count). The van der Waals surface area contributed by atoms with Crippen molar-refractivity contribution >= 4 is 21.8 Å². The maximum absolute atomic E-state index is 12.3. The van der Waals surface area contributed by atoms with E-state index < -0.39 is 0 Å². The van der Waals surface area contributed by atoms with Gasteiger partial charge >= 0.3 is 0 Å². The molecular formula is C11H14BrNO4. The fourth-order valence-corrected chi connectivity index (χ4v) is 2.22. The Morgan fingerprint density at radius 1 is 1.71 bits per heavy atom. The Morgan fingerprint density at radius 3 is 3.06 bits per heavy atom. The van der Waals surface area contributed by atoms with E-state index in [9.17, 15) is 4.79 Å². The highest BCUT2D eigenvalue weighted by molar-refractivity contribution is 9.10. The minimum absolute atomic E-state index is 0.00731. The Labute approximate surface area is 107 Å². The Hall–Kier alpha value is -0.850. The minimum atomic E-state index is -0.305. The summed E-state index contributed by atoms with van der Waals surface area (Å²) in [6.45, 7) is 2.67. The second-order valence-corrected chi connectivity index (χ2v) is 4.77. The Kier molecular flexibility index (Phi) is 3.86.